The van der Waals surface area contributed by atoms with Crippen LogP contribution in [0.4, 0.5) is 0 Å². The fraction of sp³-hybridized carbons (Fsp3) is 0.150. The van der Waals surface area contributed by atoms with E-state index in [1.54, 1.807) is 24.2 Å². The average molecular weight is 362 g/mol. The van der Waals surface area contributed by atoms with Crippen LogP contribution in [0.2, 0.25) is 0 Å². The Morgan fingerprint density at radius 2 is 2.11 bits per heavy atom. The van der Waals surface area contributed by atoms with Gasteiger partial charge in [0.2, 0.25) is 0 Å². The van der Waals surface area contributed by atoms with Crippen LogP contribution in [-0.2, 0) is 6.54 Å². The number of ether oxygens (including phenoxy) is 1. The fourth-order valence-electron chi connectivity index (χ4n) is 3.02. The lowest BCUT2D eigenvalue weighted by molar-refractivity contribution is 0.0924. The zero-order valence-corrected chi connectivity index (χ0v) is 15.0. The van der Waals surface area contributed by atoms with Gasteiger partial charge < -0.3 is 14.5 Å². The van der Waals surface area contributed by atoms with Crippen LogP contribution in [0.1, 0.15) is 21.7 Å². The van der Waals surface area contributed by atoms with E-state index in [0.717, 1.165) is 22.2 Å². The maximum atomic E-state index is 12.7. The Labute approximate surface area is 155 Å². The van der Waals surface area contributed by atoms with Crippen molar-refractivity contribution in [3.8, 4) is 11.4 Å². The van der Waals surface area contributed by atoms with Gasteiger partial charge in [-0.05, 0) is 30.7 Å². The number of methoxy groups -OCH3 is 1. The minimum absolute atomic E-state index is 0.268. The molecule has 2 aromatic carbocycles. The molecular formula is C20H18N4O3. The summed E-state index contributed by atoms with van der Waals surface area (Å²) in [4.78, 5) is 16.7. The lowest BCUT2D eigenvalue weighted by Crippen LogP contribution is -2.23. The summed E-state index contributed by atoms with van der Waals surface area (Å²) < 4.78 is 12.7. The molecule has 0 bridgehead atoms. The molecule has 0 saturated carbocycles. The molecule has 7 heteroatoms. The number of furan rings is 1. The molecule has 0 aliphatic carbocycles. The maximum Gasteiger partial charge on any atom is 0.287 e. The van der Waals surface area contributed by atoms with Gasteiger partial charge in [0.25, 0.3) is 5.91 Å². The van der Waals surface area contributed by atoms with E-state index in [9.17, 15) is 4.79 Å². The van der Waals surface area contributed by atoms with Gasteiger partial charge in [-0.25, -0.2) is 9.67 Å². The van der Waals surface area contributed by atoms with Gasteiger partial charge in [0.1, 0.15) is 24.0 Å². The summed E-state index contributed by atoms with van der Waals surface area (Å²) in [7, 11) is 1.59. The molecule has 27 heavy (non-hydrogen) atoms. The molecule has 4 aromatic rings. The molecule has 0 unspecified atom stereocenters. The van der Waals surface area contributed by atoms with Crippen molar-refractivity contribution in [3.05, 3.63) is 72.0 Å². The van der Waals surface area contributed by atoms with Gasteiger partial charge in [-0.2, -0.15) is 5.10 Å². The van der Waals surface area contributed by atoms with Crippen molar-refractivity contribution in [3.63, 3.8) is 0 Å². The summed E-state index contributed by atoms with van der Waals surface area (Å²) >= 11 is 0. The second-order valence-electron chi connectivity index (χ2n) is 6.07. The Morgan fingerprint density at radius 1 is 1.26 bits per heavy atom. The van der Waals surface area contributed by atoms with Gasteiger partial charge in [-0.3, -0.25) is 4.79 Å². The van der Waals surface area contributed by atoms with Crippen LogP contribution in [0, 0.1) is 6.92 Å². The predicted molar refractivity (Wildman–Crippen MR) is 100 cm³/mol. The lowest BCUT2D eigenvalue weighted by Gasteiger charge is -2.09. The Balaban J connectivity index is 1.57. The number of hydrogen-bond acceptors (Lipinski definition) is 5. The normalized spacial score (nSPS) is 10.9. The number of para-hydroxylation sites is 1. The first-order valence-electron chi connectivity index (χ1n) is 8.45. The standard InChI is InChI=1S/C20H18N4O3/c1-13-16-8-7-15(26-2)9-18(16)27-19(13)20(25)22-10-14-5-3-4-6-17(14)24-12-21-11-23-24/h3-9,11-12H,10H2,1-2H3,(H,22,25). The number of aromatic nitrogens is 3. The summed E-state index contributed by atoms with van der Waals surface area (Å²) in [6.45, 7) is 2.21. The van der Waals surface area contributed by atoms with Crippen molar-refractivity contribution in [2.45, 2.75) is 13.5 Å². The van der Waals surface area contributed by atoms with Crippen LogP contribution in [0.3, 0.4) is 0 Å². The largest absolute Gasteiger partial charge is 0.497 e. The number of fused-ring (bicyclic) bond motifs is 1. The van der Waals surface area contributed by atoms with Crippen LogP contribution in [0.15, 0.2) is 59.5 Å². The number of hydrogen-bond donors (Lipinski definition) is 1. The van der Waals surface area contributed by atoms with Crippen molar-refractivity contribution in [2.75, 3.05) is 7.11 Å². The number of carbonyl (C=O) groups is 1. The van der Waals surface area contributed by atoms with Gasteiger partial charge in [0, 0.05) is 23.6 Å². The van der Waals surface area contributed by atoms with Gasteiger partial charge >= 0.3 is 0 Å². The number of nitrogens with zero attached hydrogens (tertiary/aromatic N) is 3. The summed E-state index contributed by atoms with van der Waals surface area (Å²) in [6, 6.07) is 13.2. The van der Waals surface area contributed by atoms with Crippen LogP contribution in [0.25, 0.3) is 16.7 Å². The Morgan fingerprint density at radius 3 is 2.89 bits per heavy atom. The molecule has 0 radical (unpaired) electrons. The fourth-order valence-corrected chi connectivity index (χ4v) is 3.02. The minimum atomic E-state index is -0.268. The SMILES string of the molecule is COc1ccc2c(C)c(C(=O)NCc3ccccc3-n3cncn3)oc2c1. The monoisotopic (exact) mass is 362 g/mol. The van der Waals surface area contributed by atoms with E-state index in [4.69, 9.17) is 9.15 Å². The third-order valence-corrected chi connectivity index (χ3v) is 4.45. The van der Waals surface area contributed by atoms with E-state index in [0.29, 0.717) is 23.6 Å². The molecule has 7 nitrogen and oxygen atoms in total. The zero-order valence-electron chi connectivity index (χ0n) is 15.0. The molecule has 0 spiro atoms. The minimum Gasteiger partial charge on any atom is -0.497 e. The molecule has 0 aliphatic heterocycles. The topological polar surface area (TPSA) is 82.2 Å². The van der Waals surface area contributed by atoms with Crippen molar-refractivity contribution in [1.82, 2.24) is 20.1 Å². The molecular weight excluding hydrogens is 344 g/mol. The number of rotatable bonds is 5. The second kappa shape index (κ2) is 6.95. The molecule has 1 amide bonds. The number of benzene rings is 2. The molecule has 2 aromatic heterocycles. The highest BCUT2D eigenvalue weighted by molar-refractivity contribution is 5.99. The first-order chi connectivity index (χ1) is 13.2. The molecule has 0 saturated heterocycles. The van der Waals surface area contributed by atoms with Crippen molar-refractivity contribution >= 4 is 16.9 Å². The van der Waals surface area contributed by atoms with Crippen molar-refractivity contribution in [1.29, 1.82) is 0 Å². The highest BCUT2D eigenvalue weighted by Gasteiger charge is 2.18. The van der Waals surface area contributed by atoms with Gasteiger partial charge in [-0.1, -0.05) is 18.2 Å². The van der Waals surface area contributed by atoms with E-state index >= 15 is 0 Å². The van der Waals surface area contributed by atoms with Gasteiger partial charge in [-0.15, -0.1) is 0 Å². The molecule has 136 valence electrons. The highest BCUT2D eigenvalue weighted by atomic mass is 16.5. The number of amides is 1. The zero-order chi connectivity index (χ0) is 18.8. The van der Waals surface area contributed by atoms with Crippen molar-refractivity contribution < 1.29 is 13.9 Å². The summed E-state index contributed by atoms with van der Waals surface area (Å²) in [5, 5.41) is 7.97. The predicted octanol–water partition coefficient (Wildman–Crippen LogP) is 3.26. The first kappa shape index (κ1) is 16.8. The lowest BCUT2D eigenvalue weighted by atomic mass is 10.1. The van der Waals surface area contributed by atoms with E-state index < -0.39 is 0 Å². The van der Waals surface area contributed by atoms with Crippen LogP contribution < -0.4 is 10.1 Å². The Hall–Kier alpha value is -3.61. The number of nitrogens with one attached hydrogen (secondary N) is 1. The molecule has 0 aliphatic rings. The smallest absolute Gasteiger partial charge is 0.287 e. The first-order valence-corrected chi connectivity index (χ1v) is 8.45. The molecule has 0 fully saturated rings. The van der Waals surface area contributed by atoms with Gasteiger partial charge in [0.15, 0.2) is 5.76 Å². The Kier molecular flexibility index (Phi) is 4.33. The summed E-state index contributed by atoms with van der Waals surface area (Å²) in [5.41, 5.74) is 3.21. The quantitative estimate of drug-likeness (QED) is 0.589. The van der Waals surface area contributed by atoms with E-state index in [1.165, 1.54) is 6.33 Å². The maximum absolute atomic E-state index is 12.7. The highest BCUT2D eigenvalue weighted by Crippen LogP contribution is 2.28. The van der Waals surface area contributed by atoms with E-state index in [-0.39, 0.29) is 5.91 Å². The third-order valence-electron chi connectivity index (χ3n) is 4.45. The van der Waals surface area contributed by atoms with Crippen LogP contribution >= 0.6 is 0 Å². The van der Waals surface area contributed by atoms with E-state index in [1.807, 2.05) is 43.3 Å². The second-order valence-corrected chi connectivity index (χ2v) is 6.07. The van der Waals surface area contributed by atoms with Crippen molar-refractivity contribution in [2.24, 2.45) is 0 Å². The molecule has 4 rings (SSSR count). The average Bonchev–Trinajstić information content (AvgIpc) is 3.34. The molecule has 0 atom stereocenters. The third kappa shape index (κ3) is 3.15. The van der Waals surface area contributed by atoms with E-state index in [2.05, 4.69) is 15.4 Å². The number of aryl methyl sites for hydroxylation is 1. The van der Waals surface area contributed by atoms with Crippen LogP contribution in [0.5, 0.6) is 5.75 Å². The summed E-state index contributed by atoms with van der Waals surface area (Å²) in [6.07, 6.45) is 3.10. The summed E-state index contributed by atoms with van der Waals surface area (Å²) in [5.74, 6) is 0.720. The Bertz CT molecular complexity index is 1100. The molecule has 1 N–H and O–H groups in total. The number of carbonyl (C=O) groups excluding carboxylic acids is 1. The van der Waals surface area contributed by atoms with Gasteiger partial charge in [0.05, 0.1) is 12.8 Å². The van der Waals surface area contributed by atoms with Crippen LogP contribution in [-0.4, -0.2) is 27.8 Å². The molecule has 2 heterocycles.